The average Bonchev–Trinajstić information content (AvgIpc) is 2.94. The molecule has 1 N–H and O–H groups in total. The highest BCUT2D eigenvalue weighted by molar-refractivity contribution is 5.97. The first-order chi connectivity index (χ1) is 12.1. The van der Waals surface area contributed by atoms with E-state index in [1.165, 1.54) is 0 Å². The Hall–Kier alpha value is -2.66. The number of hydrogen-bond acceptors (Lipinski definition) is 3. The molecule has 0 spiro atoms. The molecule has 5 heteroatoms. The lowest BCUT2D eigenvalue weighted by atomic mass is 10.2. The predicted octanol–water partition coefficient (Wildman–Crippen LogP) is 3.02. The van der Waals surface area contributed by atoms with Crippen molar-refractivity contribution in [3.63, 3.8) is 0 Å². The molecule has 0 aliphatic rings. The van der Waals surface area contributed by atoms with Crippen LogP contribution in [0.2, 0.25) is 0 Å². The van der Waals surface area contributed by atoms with E-state index in [1.54, 1.807) is 0 Å². The second-order valence-electron chi connectivity index (χ2n) is 6.45. The molecule has 0 aliphatic heterocycles. The monoisotopic (exact) mass is 336 g/mol. The first kappa shape index (κ1) is 17.2. The number of para-hydroxylation sites is 1. The smallest absolute Gasteiger partial charge is 0.251 e. The number of rotatable bonds is 6. The summed E-state index contributed by atoms with van der Waals surface area (Å²) in [5, 5.41) is 2.97. The van der Waals surface area contributed by atoms with Gasteiger partial charge in [-0.05, 0) is 64.3 Å². The molecule has 1 aromatic heterocycles. The first-order valence-corrected chi connectivity index (χ1v) is 8.54. The van der Waals surface area contributed by atoms with Crippen LogP contribution in [0.1, 0.15) is 22.6 Å². The molecule has 130 valence electrons. The molecule has 0 saturated carbocycles. The molecule has 0 fully saturated rings. The van der Waals surface area contributed by atoms with Crippen LogP contribution in [0.15, 0.2) is 48.5 Å². The summed E-state index contributed by atoms with van der Waals surface area (Å²) in [4.78, 5) is 19.1. The van der Waals surface area contributed by atoms with E-state index in [4.69, 9.17) is 0 Å². The minimum atomic E-state index is -0.0485. The van der Waals surface area contributed by atoms with Crippen LogP contribution in [-0.2, 0) is 0 Å². The van der Waals surface area contributed by atoms with Crippen LogP contribution in [0.3, 0.4) is 0 Å². The number of benzene rings is 2. The van der Waals surface area contributed by atoms with Crippen LogP contribution in [0.5, 0.6) is 0 Å². The van der Waals surface area contributed by atoms with Crippen molar-refractivity contribution in [2.45, 2.75) is 13.3 Å². The minimum absolute atomic E-state index is 0.0485. The maximum atomic E-state index is 12.3. The maximum absolute atomic E-state index is 12.3. The number of imidazole rings is 1. The van der Waals surface area contributed by atoms with E-state index in [1.807, 2.05) is 57.4 Å². The summed E-state index contributed by atoms with van der Waals surface area (Å²) in [6, 6.07) is 15.8. The molecule has 25 heavy (non-hydrogen) atoms. The number of aryl methyl sites for hydroxylation is 1. The van der Waals surface area contributed by atoms with E-state index in [2.05, 4.69) is 31.9 Å². The zero-order valence-corrected chi connectivity index (χ0v) is 15.0. The van der Waals surface area contributed by atoms with Crippen LogP contribution in [0.4, 0.5) is 0 Å². The number of carbonyl (C=O) groups is 1. The second-order valence-corrected chi connectivity index (χ2v) is 6.45. The van der Waals surface area contributed by atoms with E-state index in [-0.39, 0.29) is 5.91 Å². The molecule has 2 aromatic carbocycles. The SMILES string of the molecule is Cc1nc2cc(C(=O)NCCCN(C)C)ccc2n1-c1ccccc1. The molecule has 0 aliphatic carbocycles. The zero-order chi connectivity index (χ0) is 17.8. The highest BCUT2D eigenvalue weighted by Gasteiger charge is 2.12. The number of nitrogens with zero attached hydrogens (tertiary/aromatic N) is 3. The third-order valence-corrected chi connectivity index (χ3v) is 4.17. The fraction of sp³-hybridized carbons (Fsp3) is 0.300. The number of amides is 1. The lowest BCUT2D eigenvalue weighted by Gasteiger charge is -2.10. The second kappa shape index (κ2) is 7.49. The zero-order valence-electron chi connectivity index (χ0n) is 15.0. The highest BCUT2D eigenvalue weighted by atomic mass is 16.1. The van der Waals surface area contributed by atoms with Gasteiger partial charge in [-0.2, -0.15) is 0 Å². The molecule has 1 amide bonds. The molecular formula is C20H24N4O. The van der Waals surface area contributed by atoms with E-state index in [0.717, 1.165) is 35.5 Å². The van der Waals surface area contributed by atoms with Crippen LogP contribution in [0.25, 0.3) is 16.7 Å². The summed E-state index contributed by atoms with van der Waals surface area (Å²) in [6.45, 7) is 3.61. The van der Waals surface area contributed by atoms with Gasteiger partial charge in [0.15, 0.2) is 0 Å². The Bertz CT molecular complexity index is 868. The molecule has 0 atom stereocenters. The van der Waals surface area contributed by atoms with Crippen LogP contribution in [-0.4, -0.2) is 47.5 Å². The van der Waals surface area contributed by atoms with Gasteiger partial charge < -0.3 is 10.2 Å². The van der Waals surface area contributed by atoms with Gasteiger partial charge in [-0.3, -0.25) is 9.36 Å². The third kappa shape index (κ3) is 3.88. The van der Waals surface area contributed by atoms with Gasteiger partial charge in [0.25, 0.3) is 5.91 Å². The number of hydrogen-bond donors (Lipinski definition) is 1. The Kier molecular flexibility index (Phi) is 5.14. The van der Waals surface area contributed by atoms with Gasteiger partial charge in [-0.25, -0.2) is 4.98 Å². The van der Waals surface area contributed by atoms with E-state index in [9.17, 15) is 4.79 Å². The van der Waals surface area contributed by atoms with Crippen LogP contribution >= 0.6 is 0 Å². The lowest BCUT2D eigenvalue weighted by molar-refractivity contribution is 0.0952. The quantitative estimate of drug-likeness (QED) is 0.704. The summed E-state index contributed by atoms with van der Waals surface area (Å²) in [7, 11) is 4.06. The molecule has 0 bridgehead atoms. The number of aromatic nitrogens is 2. The Morgan fingerprint density at radius 1 is 1.16 bits per heavy atom. The topological polar surface area (TPSA) is 50.2 Å². The molecule has 3 rings (SSSR count). The largest absolute Gasteiger partial charge is 0.352 e. The molecule has 0 radical (unpaired) electrons. The molecule has 0 saturated heterocycles. The van der Waals surface area contributed by atoms with Gasteiger partial charge in [-0.1, -0.05) is 18.2 Å². The minimum Gasteiger partial charge on any atom is -0.352 e. The van der Waals surface area contributed by atoms with E-state index >= 15 is 0 Å². The third-order valence-electron chi connectivity index (χ3n) is 4.17. The Balaban J connectivity index is 1.81. The summed E-state index contributed by atoms with van der Waals surface area (Å²) in [5.74, 6) is 0.859. The van der Waals surface area contributed by atoms with Crippen molar-refractivity contribution in [2.75, 3.05) is 27.2 Å². The normalized spacial score (nSPS) is 11.2. The molecule has 3 aromatic rings. The lowest BCUT2D eigenvalue weighted by Crippen LogP contribution is -2.27. The van der Waals surface area contributed by atoms with Gasteiger partial charge >= 0.3 is 0 Å². The highest BCUT2D eigenvalue weighted by Crippen LogP contribution is 2.22. The van der Waals surface area contributed by atoms with Crippen LogP contribution in [0, 0.1) is 6.92 Å². The first-order valence-electron chi connectivity index (χ1n) is 8.54. The van der Waals surface area contributed by atoms with Crippen molar-refractivity contribution in [3.8, 4) is 5.69 Å². The molecule has 1 heterocycles. The van der Waals surface area contributed by atoms with Gasteiger partial charge in [-0.15, -0.1) is 0 Å². The van der Waals surface area contributed by atoms with Gasteiger partial charge in [0, 0.05) is 17.8 Å². The molecule has 0 unspecified atom stereocenters. The van der Waals surface area contributed by atoms with Crippen LogP contribution < -0.4 is 5.32 Å². The van der Waals surface area contributed by atoms with Crippen molar-refractivity contribution < 1.29 is 4.79 Å². The molecule has 5 nitrogen and oxygen atoms in total. The number of nitrogens with one attached hydrogen (secondary N) is 1. The van der Waals surface area contributed by atoms with Crippen molar-refractivity contribution in [2.24, 2.45) is 0 Å². The fourth-order valence-corrected chi connectivity index (χ4v) is 2.94. The summed E-state index contributed by atoms with van der Waals surface area (Å²) >= 11 is 0. The van der Waals surface area contributed by atoms with Gasteiger partial charge in [0.2, 0.25) is 0 Å². The fourth-order valence-electron chi connectivity index (χ4n) is 2.94. The predicted molar refractivity (Wildman–Crippen MR) is 101 cm³/mol. The summed E-state index contributed by atoms with van der Waals surface area (Å²) < 4.78 is 2.11. The Morgan fingerprint density at radius 2 is 1.92 bits per heavy atom. The van der Waals surface area contributed by atoms with Crippen molar-refractivity contribution in [3.05, 3.63) is 59.9 Å². The van der Waals surface area contributed by atoms with E-state index < -0.39 is 0 Å². The van der Waals surface area contributed by atoms with E-state index in [0.29, 0.717) is 12.1 Å². The van der Waals surface area contributed by atoms with Crippen molar-refractivity contribution >= 4 is 16.9 Å². The Labute approximate surface area is 148 Å². The van der Waals surface area contributed by atoms with Gasteiger partial charge in [0.05, 0.1) is 11.0 Å². The number of fused-ring (bicyclic) bond motifs is 1. The summed E-state index contributed by atoms with van der Waals surface area (Å²) in [6.07, 6.45) is 0.933. The molecular weight excluding hydrogens is 312 g/mol. The summed E-state index contributed by atoms with van der Waals surface area (Å²) in [5.41, 5.74) is 3.56. The Morgan fingerprint density at radius 3 is 2.64 bits per heavy atom. The van der Waals surface area contributed by atoms with Crippen molar-refractivity contribution in [1.82, 2.24) is 19.8 Å². The maximum Gasteiger partial charge on any atom is 0.251 e. The van der Waals surface area contributed by atoms with Gasteiger partial charge in [0.1, 0.15) is 5.82 Å². The number of carbonyl (C=O) groups excluding carboxylic acids is 1. The average molecular weight is 336 g/mol. The van der Waals surface area contributed by atoms with Crippen molar-refractivity contribution in [1.29, 1.82) is 0 Å². The standard InChI is InChI=1S/C20H24N4O/c1-15-22-18-14-16(20(25)21-12-7-13-23(2)3)10-11-19(18)24(15)17-8-5-4-6-9-17/h4-6,8-11,14H,7,12-13H2,1-3H3,(H,21,25).